The number of aryl methyl sites for hydroxylation is 1. The highest BCUT2D eigenvalue weighted by molar-refractivity contribution is 6.07. The van der Waals surface area contributed by atoms with Crippen LogP contribution in [0.15, 0.2) is 30.3 Å². The van der Waals surface area contributed by atoms with Gasteiger partial charge in [0.15, 0.2) is 0 Å². The van der Waals surface area contributed by atoms with Crippen molar-refractivity contribution in [2.45, 2.75) is 45.1 Å². The van der Waals surface area contributed by atoms with Crippen LogP contribution in [0.3, 0.4) is 0 Å². The summed E-state index contributed by atoms with van der Waals surface area (Å²) in [6.07, 6.45) is 4.28. The Balaban J connectivity index is 1.56. The Kier molecular flexibility index (Phi) is 5.42. The van der Waals surface area contributed by atoms with Crippen LogP contribution in [-0.2, 0) is 11.2 Å². The molecular weight excluding hydrogens is 314 g/mol. The van der Waals surface area contributed by atoms with Crippen molar-refractivity contribution in [1.82, 2.24) is 15.1 Å². The molecule has 0 bridgehead atoms. The number of likely N-dealkylation sites (N-methyl/N-ethyl adjacent to an activating group) is 1. The van der Waals surface area contributed by atoms with Gasteiger partial charge in [-0.15, -0.1) is 0 Å². The molecule has 1 aromatic carbocycles. The average Bonchev–Trinajstić information content (AvgIpc) is 2.85. The van der Waals surface area contributed by atoms with Crippen LogP contribution in [-0.4, -0.2) is 53.5 Å². The van der Waals surface area contributed by atoms with Gasteiger partial charge < -0.3 is 10.2 Å². The second kappa shape index (κ2) is 7.56. The van der Waals surface area contributed by atoms with Crippen LogP contribution in [0.25, 0.3) is 0 Å². The number of benzene rings is 1. The summed E-state index contributed by atoms with van der Waals surface area (Å²) in [6.45, 7) is 7.20. The number of nitrogens with one attached hydrogen (secondary N) is 1. The zero-order valence-electron chi connectivity index (χ0n) is 15.3. The molecule has 5 heteroatoms. The summed E-state index contributed by atoms with van der Waals surface area (Å²) in [5, 5.41) is 2.96. The van der Waals surface area contributed by atoms with E-state index in [1.165, 1.54) is 10.5 Å². The van der Waals surface area contributed by atoms with E-state index in [1.807, 2.05) is 19.9 Å². The molecule has 5 nitrogen and oxygen atoms in total. The standard InChI is InChI=1S/C20H29N3O2/c1-3-23-18(24)20(2,21-19(23)25)17-12-8-14-22(15-17)13-7-11-16-9-5-4-6-10-16/h4-6,9-10,17H,3,7-8,11-15H2,1-2H3,(H,21,25). The van der Waals surface area contributed by atoms with Crippen molar-refractivity contribution in [2.75, 3.05) is 26.2 Å². The minimum atomic E-state index is -0.745. The van der Waals surface area contributed by atoms with Crippen molar-refractivity contribution in [3.63, 3.8) is 0 Å². The summed E-state index contributed by atoms with van der Waals surface area (Å²) in [7, 11) is 0. The Morgan fingerprint density at radius 2 is 2.00 bits per heavy atom. The van der Waals surface area contributed by atoms with E-state index in [4.69, 9.17) is 0 Å². The van der Waals surface area contributed by atoms with Gasteiger partial charge in [-0.25, -0.2) is 4.79 Å². The van der Waals surface area contributed by atoms with Crippen LogP contribution < -0.4 is 5.32 Å². The van der Waals surface area contributed by atoms with Gasteiger partial charge >= 0.3 is 6.03 Å². The number of hydrogen-bond acceptors (Lipinski definition) is 3. The molecule has 2 unspecified atom stereocenters. The molecular formula is C20H29N3O2. The lowest BCUT2D eigenvalue weighted by Gasteiger charge is -2.39. The Morgan fingerprint density at radius 1 is 1.24 bits per heavy atom. The summed E-state index contributed by atoms with van der Waals surface area (Å²) in [5.74, 6) is 0.127. The van der Waals surface area contributed by atoms with E-state index in [0.717, 1.165) is 45.3 Å². The molecule has 0 aromatic heterocycles. The first-order valence-corrected chi connectivity index (χ1v) is 9.45. The molecule has 0 spiro atoms. The lowest BCUT2D eigenvalue weighted by Crippen LogP contribution is -2.56. The number of piperidine rings is 1. The number of urea groups is 1. The third-order valence-corrected chi connectivity index (χ3v) is 5.72. The van der Waals surface area contributed by atoms with Gasteiger partial charge in [0.25, 0.3) is 5.91 Å². The van der Waals surface area contributed by atoms with Crippen molar-refractivity contribution in [3.05, 3.63) is 35.9 Å². The Morgan fingerprint density at radius 3 is 2.68 bits per heavy atom. The van der Waals surface area contributed by atoms with Crippen LogP contribution >= 0.6 is 0 Å². The molecule has 3 amide bonds. The van der Waals surface area contributed by atoms with Crippen LogP contribution in [0, 0.1) is 5.92 Å². The number of likely N-dealkylation sites (tertiary alicyclic amines) is 1. The molecule has 25 heavy (non-hydrogen) atoms. The topological polar surface area (TPSA) is 52.7 Å². The van der Waals surface area contributed by atoms with E-state index in [-0.39, 0.29) is 17.9 Å². The minimum absolute atomic E-state index is 0.0591. The van der Waals surface area contributed by atoms with Crippen molar-refractivity contribution >= 4 is 11.9 Å². The van der Waals surface area contributed by atoms with E-state index in [9.17, 15) is 9.59 Å². The lowest BCUT2D eigenvalue weighted by atomic mass is 9.80. The fraction of sp³-hybridized carbons (Fsp3) is 0.600. The molecule has 2 fully saturated rings. The Hall–Kier alpha value is -1.88. The number of rotatable bonds is 6. The first-order valence-electron chi connectivity index (χ1n) is 9.45. The van der Waals surface area contributed by atoms with E-state index >= 15 is 0 Å². The highest BCUT2D eigenvalue weighted by atomic mass is 16.2. The fourth-order valence-corrected chi connectivity index (χ4v) is 4.16. The molecule has 0 radical (unpaired) electrons. The fourth-order valence-electron chi connectivity index (χ4n) is 4.16. The predicted octanol–water partition coefficient (Wildman–Crippen LogP) is 2.66. The van der Waals surface area contributed by atoms with E-state index in [2.05, 4.69) is 34.5 Å². The van der Waals surface area contributed by atoms with Crippen molar-refractivity contribution in [2.24, 2.45) is 5.92 Å². The van der Waals surface area contributed by atoms with Crippen molar-refractivity contribution < 1.29 is 9.59 Å². The summed E-state index contributed by atoms with van der Waals surface area (Å²) in [5.41, 5.74) is 0.630. The van der Waals surface area contributed by atoms with Crippen LogP contribution in [0.5, 0.6) is 0 Å². The van der Waals surface area contributed by atoms with Gasteiger partial charge in [0.2, 0.25) is 0 Å². The number of carbonyl (C=O) groups excluding carboxylic acids is 2. The average molecular weight is 343 g/mol. The van der Waals surface area contributed by atoms with E-state index < -0.39 is 5.54 Å². The van der Waals surface area contributed by atoms with Crippen molar-refractivity contribution in [3.8, 4) is 0 Å². The number of amides is 3. The zero-order valence-corrected chi connectivity index (χ0v) is 15.3. The molecule has 2 aliphatic heterocycles. The number of nitrogens with zero attached hydrogens (tertiary/aromatic N) is 2. The lowest BCUT2D eigenvalue weighted by molar-refractivity contribution is -0.133. The molecule has 2 aliphatic rings. The number of hydrogen-bond donors (Lipinski definition) is 1. The van der Waals surface area contributed by atoms with Crippen molar-refractivity contribution in [1.29, 1.82) is 0 Å². The maximum absolute atomic E-state index is 12.7. The second-order valence-corrected chi connectivity index (χ2v) is 7.41. The molecule has 3 rings (SSSR count). The first kappa shape index (κ1) is 17.9. The van der Waals surface area contributed by atoms with Gasteiger partial charge in [-0.2, -0.15) is 0 Å². The summed E-state index contributed by atoms with van der Waals surface area (Å²) < 4.78 is 0. The summed E-state index contributed by atoms with van der Waals surface area (Å²) in [6, 6.07) is 10.3. The molecule has 0 aliphatic carbocycles. The molecule has 0 saturated carbocycles. The molecule has 1 N–H and O–H groups in total. The number of imide groups is 1. The normalized spacial score (nSPS) is 27.6. The number of carbonyl (C=O) groups is 2. The predicted molar refractivity (Wildman–Crippen MR) is 98.3 cm³/mol. The third-order valence-electron chi connectivity index (χ3n) is 5.72. The van der Waals surface area contributed by atoms with Crippen LogP contribution in [0.4, 0.5) is 4.79 Å². The maximum atomic E-state index is 12.7. The first-order chi connectivity index (χ1) is 12.0. The van der Waals surface area contributed by atoms with Gasteiger partial charge in [-0.05, 0) is 58.2 Å². The smallest absolute Gasteiger partial charge is 0.323 e. The SMILES string of the molecule is CCN1C(=O)NC(C)(C2CCCN(CCCc3ccccc3)C2)C1=O. The van der Waals surface area contributed by atoms with Crippen LogP contribution in [0.2, 0.25) is 0 Å². The van der Waals surface area contributed by atoms with Gasteiger partial charge in [0.1, 0.15) is 5.54 Å². The monoisotopic (exact) mass is 343 g/mol. The highest BCUT2D eigenvalue weighted by Crippen LogP contribution is 2.32. The summed E-state index contributed by atoms with van der Waals surface area (Å²) in [4.78, 5) is 28.6. The largest absolute Gasteiger partial charge is 0.325 e. The molecule has 2 atom stereocenters. The molecule has 1 aromatic rings. The third kappa shape index (κ3) is 3.71. The zero-order chi connectivity index (χ0) is 17.9. The highest BCUT2D eigenvalue weighted by Gasteiger charge is 2.52. The van der Waals surface area contributed by atoms with Gasteiger partial charge in [0, 0.05) is 19.0 Å². The van der Waals surface area contributed by atoms with Crippen LogP contribution in [0.1, 0.15) is 38.7 Å². The molecule has 2 heterocycles. The Bertz CT molecular complexity index is 619. The van der Waals surface area contributed by atoms with Gasteiger partial charge in [0.05, 0.1) is 0 Å². The quantitative estimate of drug-likeness (QED) is 0.808. The second-order valence-electron chi connectivity index (χ2n) is 7.41. The van der Waals surface area contributed by atoms with E-state index in [0.29, 0.717) is 6.54 Å². The maximum Gasteiger partial charge on any atom is 0.325 e. The molecule has 2 saturated heterocycles. The summed E-state index contributed by atoms with van der Waals surface area (Å²) >= 11 is 0. The van der Waals surface area contributed by atoms with Gasteiger partial charge in [-0.1, -0.05) is 30.3 Å². The van der Waals surface area contributed by atoms with Gasteiger partial charge in [-0.3, -0.25) is 9.69 Å². The molecule has 136 valence electrons. The Labute approximate surface area is 150 Å². The van der Waals surface area contributed by atoms with E-state index in [1.54, 1.807) is 0 Å². The minimum Gasteiger partial charge on any atom is -0.323 e.